The highest BCUT2D eigenvalue weighted by Crippen LogP contribution is 2.41. The molecular weight excluding hydrogens is 266 g/mol. The molecule has 1 aromatic rings. The van der Waals surface area contributed by atoms with Gasteiger partial charge >= 0.3 is 0 Å². The number of pyridine rings is 1. The van der Waals surface area contributed by atoms with Gasteiger partial charge < -0.3 is 10.2 Å². The number of hydrogen-bond acceptors (Lipinski definition) is 3. The fourth-order valence-corrected chi connectivity index (χ4v) is 3.02. The molecule has 1 atom stereocenters. The quantitative estimate of drug-likeness (QED) is 0.903. The second-order valence-corrected chi connectivity index (χ2v) is 6.14. The minimum Gasteiger partial charge on any atom is -0.342 e. The molecule has 0 aromatic carbocycles. The van der Waals surface area contributed by atoms with Gasteiger partial charge in [-0.15, -0.1) is 0 Å². The molecule has 5 nitrogen and oxygen atoms in total. The molecule has 0 spiro atoms. The highest BCUT2D eigenvalue weighted by Gasteiger charge is 2.50. The van der Waals surface area contributed by atoms with Crippen LogP contribution in [0.4, 0.5) is 0 Å². The average molecular weight is 287 g/mol. The molecular formula is C16H21N3O2. The number of rotatable bonds is 4. The Bertz CT molecular complexity index is 542. The zero-order chi connectivity index (χ0) is 14.9. The van der Waals surface area contributed by atoms with Crippen LogP contribution in [0, 0.1) is 5.92 Å². The van der Waals surface area contributed by atoms with Gasteiger partial charge in [-0.2, -0.15) is 0 Å². The maximum absolute atomic E-state index is 12.8. The summed E-state index contributed by atoms with van der Waals surface area (Å²) in [6, 6.07) is 5.80. The molecule has 1 aliphatic heterocycles. The third-order valence-corrected chi connectivity index (χ3v) is 4.50. The molecule has 1 saturated heterocycles. The smallest absolute Gasteiger partial charge is 0.248 e. The van der Waals surface area contributed by atoms with E-state index in [9.17, 15) is 9.59 Å². The van der Waals surface area contributed by atoms with Crippen molar-refractivity contribution in [1.82, 2.24) is 15.2 Å². The van der Waals surface area contributed by atoms with Crippen LogP contribution in [0.1, 0.15) is 31.9 Å². The Balaban J connectivity index is 1.71. The van der Waals surface area contributed by atoms with E-state index in [4.69, 9.17) is 0 Å². The van der Waals surface area contributed by atoms with Gasteiger partial charge in [0.25, 0.3) is 0 Å². The fraction of sp³-hybridized carbons (Fsp3) is 0.562. The first-order valence-electron chi connectivity index (χ1n) is 7.60. The van der Waals surface area contributed by atoms with Gasteiger partial charge in [0.2, 0.25) is 11.8 Å². The number of nitrogens with one attached hydrogen (secondary N) is 1. The standard InChI is InChI=1S/C16H21N3O2/c1-16(12-5-6-12)15(21)19(11-8-14(20)18-16)10-7-13-4-2-3-9-17-13/h2-4,9,12H,5-8,10-11H2,1H3,(H,18,20). The highest BCUT2D eigenvalue weighted by molar-refractivity contribution is 5.93. The first kappa shape index (κ1) is 14.0. The Morgan fingerprint density at radius 3 is 2.86 bits per heavy atom. The molecule has 21 heavy (non-hydrogen) atoms. The highest BCUT2D eigenvalue weighted by atomic mass is 16.2. The molecule has 2 fully saturated rings. The summed E-state index contributed by atoms with van der Waals surface area (Å²) in [6.45, 7) is 3.00. The summed E-state index contributed by atoms with van der Waals surface area (Å²) in [5.41, 5.74) is 0.263. The summed E-state index contributed by atoms with van der Waals surface area (Å²) in [5, 5.41) is 2.95. The molecule has 5 heteroatoms. The van der Waals surface area contributed by atoms with Gasteiger partial charge in [0.1, 0.15) is 5.54 Å². The van der Waals surface area contributed by atoms with E-state index < -0.39 is 5.54 Å². The average Bonchev–Trinajstić information content (AvgIpc) is 3.32. The summed E-state index contributed by atoms with van der Waals surface area (Å²) in [7, 11) is 0. The van der Waals surface area contributed by atoms with Gasteiger partial charge in [-0.1, -0.05) is 6.07 Å². The van der Waals surface area contributed by atoms with Crippen LogP contribution in [0.2, 0.25) is 0 Å². The molecule has 112 valence electrons. The van der Waals surface area contributed by atoms with E-state index in [0.29, 0.717) is 25.4 Å². The Morgan fingerprint density at radius 1 is 1.38 bits per heavy atom. The number of amides is 2. The Kier molecular flexibility index (Phi) is 3.66. The van der Waals surface area contributed by atoms with Crippen molar-refractivity contribution >= 4 is 11.8 Å². The summed E-state index contributed by atoms with van der Waals surface area (Å²) in [5.74, 6) is 0.342. The third kappa shape index (κ3) is 2.91. The molecule has 2 amide bonds. The zero-order valence-corrected chi connectivity index (χ0v) is 12.3. The van der Waals surface area contributed by atoms with Gasteiger partial charge in [-0.05, 0) is 37.8 Å². The molecule has 0 radical (unpaired) electrons. The SMILES string of the molecule is CC1(C2CC2)NC(=O)CCN(CCc2ccccn2)C1=O. The molecule has 1 aliphatic carbocycles. The van der Waals surface area contributed by atoms with Crippen LogP contribution in [-0.4, -0.2) is 40.3 Å². The first-order chi connectivity index (χ1) is 10.1. The van der Waals surface area contributed by atoms with Crippen molar-refractivity contribution in [2.24, 2.45) is 5.92 Å². The van der Waals surface area contributed by atoms with Gasteiger partial charge in [0.05, 0.1) is 0 Å². The van der Waals surface area contributed by atoms with Crippen molar-refractivity contribution in [3.63, 3.8) is 0 Å². The molecule has 1 saturated carbocycles. The number of aromatic nitrogens is 1. The van der Waals surface area contributed by atoms with E-state index in [2.05, 4.69) is 10.3 Å². The second kappa shape index (κ2) is 5.47. The summed E-state index contributed by atoms with van der Waals surface area (Å²) in [6.07, 6.45) is 4.92. The molecule has 1 aromatic heterocycles. The van der Waals surface area contributed by atoms with Crippen LogP contribution in [0.15, 0.2) is 24.4 Å². The van der Waals surface area contributed by atoms with Crippen LogP contribution in [0.25, 0.3) is 0 Å². The minimum atomic E-state index is -0.711. The molecule has 1 N–H and O–H groups in total. The summed E-state index contributed by atoms with van der Waals surface area (Å²) >= 11 is 0. The van der Waals surface area contributed by atoms with Crippen molar-refractivity contribution in [1.29, 1.82) is 0 Å². The van der Waals surface area contributed by atoms with E-state index >= 15 is 0 Å². The second-order valence-electron chi connectivity index (χ2n) is 6.14. The maximum Gasteiger partial charge on any atom is 0.248 e. The minimum absolute atomic E-state index is 0.0157. The van der Waals surface area contributed by atoms with Gasteiger partial charge in [0.15, 0.2) is 0 Å². The van der Waals surface area contributed by atoms with E-state index in [0.717, 1.165) is 25.0 Å². The largest absolute Gasteiger partial charge is 0.342 e. The molecule has 0 bridgehead atoms. The monoisotopic (exact) mass is 287 g/mol. The number of carbonyl (C=O) groups excluding carboxylic acids is 2. The summed E-state index contributed by atoms with van der Waals surface area (Å²) in [4.78, 5) is 30.8. The van der Waals surface area contributed by atoms with E-state index in [1.807, 2.05) is 30.0 Å². The molecule has 2 heterocycles. The van der Waals surface area contributed by atoms with E-state index in [-0.39, 0.29) is 11.8 Å². The summed E-state index contributed by atoms with van der Waals surface area (Å²) < 4.78 is 0. The van der Waals surface area contributed by atoms with Gasteiger partial charge in [0, 0.05) is 37.8 Å². The Labute approximate surface area is 124 Å². The Morgan fingerprint density at radius 2 is 2.19 bits per heavy atom. The van der Waals surface area contributed by atoms with Gasteiger partial charge in [-0.25, -0.2) is 0 Å². The maximum atomic E-state index is 12.8. The lowest BCUT2D eigenvalue weighted by Gasteiger charge is -2.32. The first-order valence-corrected chi connectivity index (χ1v) is 7.60. The van der Waals surface area contributed by atoms with Crippen LogP contribution >= 0.6 is 0 Å². The molecule has 1 unspecified atom stereocenters. The predicted molar refractivity (Wildman–Crippen MR) is 78.4 cm³/mol. The van der Waals surface area contributed by atoms with E-state index in [1.165, 1.54) is 0 Å². The van der Waals surface area contributed by atoms with Crippen LogP contribution < -0.4 is 5.32 Å². The van der Waals surface area contributed by atoms with E-state index in [1.54, 1.807) is 6.20 Å². The zero-order valence-electron chi connectivity index (χ0n) is 12.3. The molecule has 2 aliphatic rings. The number of carbonyl (C=O) groups is 2. The van der Waals surface area contributed by atoms with Crippen molar-refractivity contribution in [2.75, 3.05) is 13.1 Å². The number of nitrogens with zero attached hydrogens (tertiary/aromatic N) is 2. The normalized spacial score (nSPS) is 26.4. The van der Waals surface area contributed by atoms with Crippen molar-refractivity contribution in [3.05, 3.63) is 30.1 Å². The van der Waals surface area contributed by atoms with Gasteiger partial charge in [-0.3, -0.25) is 14.6 Å². The van der Waals surface area contributed by atoms with Crippen molar-refractivity contribution in [3.8, 4) is 0 Å². The lowest BCUT2D eigenvalue weighted by Crippen LogP contribution is -2.57. The van der Waals surface area contributed by atoms with Crippen molar-refractivity contribution < 1.29 is 9.59 Å². The number of hydrogen-bond donors (Lipinski definition) is 1. The third-order valence-electron chi connectivity index (χ3n) is 4.50. The van der Waals surface area contributed by atoms with Crippen LogP contribution in [-0.2, 0) is 16.0 Å². The molecule has 3 rings (SSSR count). The predicted octanol–water partition coefficient (Wildman–Crippen LogP) is 1.14. The fourth-order valence-electron chi connectivity index (χ4n) is 3.02. The van der Waals surface area contributed by atoms with Crippen molar-refractivity contribution in [2.45, 2.75) is 38.1 Å². The lowest BCUT2D eigenvalue weighted by atomic mass is 9.94. The topological polar surface area (TPSA) is 62.3 Å². The lowest BCUT2D eigenvalue weighted by molar-refractivity contribution is -0.139. The van der Waals surface area contributed by atoms with Crippen LogP contribution in [0.5, 0.6) is 0 Å². The Hall–Kier alpha value is -1.91. The van der Waals surface area contributed by atoms with Crippen LogP contribution in [0.3, 0.4) is 0 Å².